The largest absolute Gasteiger partial charge is 0.481 e. The van der Waals surface area contributed by atoms with Crippen LogP contribution in [0, 0.1) is 5.82 Å². The average molecular weight is 341 g/mol. The van der Waals surface area contributed by atoms with Gasteiger partial charge in [-0.2, -0.15) is 13.2 Å². The lowest BCUT2D eigenvalue weighted by Crippen LogP contribution is -2.32. The summed E-state index contributed by atoms with van der Waals surface area (Å²) in [4.78, 5) is 12.2. The molecular formula is C17H15F4NO2. The van der Waals surface area contributed by atoms with E-state index in [0.29, 0.717) is 12.2 Å². The van der Waals surface area contributed by atoms with Crippen molar-refractivity contribution in [1.82, 2.24) is 0 Å². The SMILES string of the molecule is CC[C@@H](Oc1ccc(F)cc1)C(=O)Nc1ccc(C(F)(F)F)cc1. The van der Waals surface area contributed by atoms with Crippen LogP contribution in [0.4, 0.5) is 23.2 Å². The standard InChI is InChI=1S/C17H15F4NO2/c1-2-15(24-14-9-5-12(18)6-10-14)16(23)22-13-7-3-11(4-8-13)17(19,20)21/h3-10,15H,2H2,1H3,(H,22,23)/t15-/m1/s1. The average Bonchev–Trinajstić information content (AvgIpc) is 2.54. The highest BCUT2D eigenvalue weighted by molar-refractivity contribution is 5.94. The van der Waals surface area contributed by atoms with E-state index in [9.17, 15) is 22.4 Å². The number of nitrogens with one attached hydrogen (secondary N) is 1. The fourth-order valence-corrected chi connectivity index (χ4v) is 1.96. The van der Waals surface area contributed by atoms with Crippen molar-refractivity contribution in [3.63, 3.8) is 0 Å². The van der Waals surface area contributed by atoms with Crippen molar-refractivity contribution in [2.75, 3.05) is 5.32 Å². The van der Waals surface area contributed by atoms with Crippen molar-refractivity contribution in [3.05, 3.63) is 59.9 Å². The number of amides is 1. The topological polar surface area (TPSA) is 38.3 Å². The number of rotatable bonds is 5. The molecule has 0 aliphatic rings. The van der Waals surface area contributed by atoms with Crippen LogP contribution in [-0.2, 0) is 11.0 Å². The van der Waals surface area contributed by atoms with E-state index in [1.807, 2.05) is 0 Å². The van der Waals surface area contributed by atoms with Crippen LogP contribution < -0.4 is 10.1 Å². The van der Waals surface area contributed by atoms with Crippen LogP contribution in [0.2, 0.25) is 0 Å². The first kappa shape index (κ1) is 17.8. The Morgan fingerprint density at radius 3 is 2.17 bits per heavy atom. The summed E-state index contributed by atoms with van der Waals surface area (Å²) in [5.74, 6) is -0.600. The Labute approximate surface area is 136 Å². The third-order valence-electron chi connectivity index (χ3n) is 3.23. The number of halogens is 4. The van der Waals surface area contributed by atoms with E-state index in [4.69, 9.17) is 4.74 Å². The summed E-state index contributed by atoms with van der Waals surface area (Å²) in [6, 6.07) is 9.31. The molecule has 2 rings (SSSR count). The van der Waals surface area contributed by atoms with Crippen molar-refractivity contribution >= 4 is 11.6 Å². The summed E-state index contributed by atoms with van der Waals surface area (Å²) in [6.07, 6.45) is -4.94. The van der Waals surface area contributed by atoms with E-state index in [-0.39, 0.29) is 5.69 Å². The van der Waals surface area contributed by atoms with E-state index >= 15 is 0 Å². The Kier molecular flexibility index (Phi) is 5.43. The molecule has 0 unspecified atom stereocenters. The molecule has 24 heavy (non-hydrogen) atoms. The van der Waals surface area contributed by atoms with Crippen LogP contribution >= 0.6 is 0 Å². The van der Waals surface area contributed by atoms with Gasteiger partial charge in [0.15, 0.2) is 6.10 Å². The van der Waals surface area contributed by atoms with Crippen molar-refractivity contribution < 1.29 is 27.1 Å². The number of benzene rings is 2. The molecule has 0 saturated heterocycles. The summed E-state index contributed by atoms with van der Waals surface area (Å²) in [6.45, 7) is 1.72. The Bertz CT molecular complexity index is 681. The number of hydrogen-bond donors (Lipinski definition) is 1. The molecule has 1 atom stereocenters. The number of alkyl halides is 3. The van der Waals surface area contributed by atoms with Crippen LogP contribution in [0.15, 0.2) is 48.5 Å². The van der Waals surface area contributed by atoms with Crippen molar-refractivity contribution in [2.45, 2.75) is 25.6 Å². The van der Waals surface area contributed by atoms with E-state index in [2.05, 4.69) is 5.32 Å². The molecule has 0 aromatic heterocycles. The number of hydrogen-bond acceptors (Lipinski definition) is 2. The van der Waals surface area contributed by atoms with E-state index in [1.54, 1.807) is 6.92 Å². The molecule has 1 N–H and O–H groups in total. The van der Waals surface area contributed by atoms with Crippen molar-refractivity contribution in [2.24, 2.45) is 0 Å². The van der Waals surface area contributed by atoms with Gasteiger partial charge >= 0.3 is 6.18 Å². The lowest BCUT2D eigenvalue weighted by molar-refractivity contribution is -0.137. The maximum absolute atomic E-state index is 12.9. The minimum Gasteiger partial charge on any atom is -0.481 e. The van der Waals surface area contributed by atoms with Gasteiger partial charge in [0.05, 0.1) is 5.56 Å². The molecule has 0 bridgehead atoms. The Balaban J connectivity index is 2.02. The zero-order valence-corrected chi connectivity index (χ0v) is 12.7. The third kappa shape index (κ3) is 4.71. The highest BCUT2D eigenvalue weighted by atomic mass is 19.4. The first-order chi connectivity index (χ1) is 11.3. The molecule has 0 radical (unpaired) electrons. The van der Waals surface area contributed by atoms with Gasteiger partial charge in [-0.1, -0.05) is 6.92 Å². The van der Waals surface area contributed by atoms with Gasteiger partial charge in [0.2, 0.25) is 0 Å². The monoisotopic (exact) mass is 341 g/mol. The van der Waals surface area contributed by atoms with Gasteiger partial charge in [0, 0.05) is 5.69 Å². The Morgan fingerprint density at radius 2 is 1.67 bits per heavy atom. The van der Waals surface area contributed by atoms with Crippen LogP contribution in [0.5, 0.6) is 5.75 Å². The van der Waals surface area contributed by atoms with Crippen molar-refractivity contribution in [3.8, 4) is 5.75 Å². The molecule has 0 aliphatic carbocycles. The Hall–Kier alpha value is -2.57. The summed E-state index contributed by atoms with van der Waals surface area (Å²) in [5.41, 5.74) is -0.566. The van der Waals surface area contributed by atoms with E-state index < -0.39 is 29.6 Å². The van der Waals surface area contributed by atoms with Crippen LogP contribution in [0.3, 0.4) is 0 Å². The van der Waals surface area contributed by atoms with E-state index in [0.717, 1.165) is 12.1 Å². The van der Waals surface area contributed by atoms with Gasteiger partial charge in [-0.3, -0.25) is 4.79 Å². The normalized spacial score (nSPS) is 12.5. The van der Waals surface area contributed by atoms with Gasteiger partial charge in [-0.05, 0) is 55.0 Å². The second-order valence-corrected chi connectivity index (χ2v) is 5.03. The zero-order chi connectivity index (χ0) is 17.7. The predicted molar refractivity (Wildman–Crippen MR) is 81.2 cm³/mol. The first-order valence-electron chi connectivity index (χ1n) is 7.20. The van der Waals surface area contributed by atoms with Gasteiger partial charge in [0.25, 0.3) is 5.91 Å². The maximum atomic E-state index is 12.9. The van der Waals surface area contributed by atoms with Crippen molar-refractivity contribution in [1.29, 1.82) is 0 Å². The lowest BCUT2D eigenvalue weighted by atomic mass is 10.2. The summed E-state index contributed by atoms with van der Waals surface area (Å²) in [7, 11) is 0. The van der Waals surface area contributed by atoms with Crippen LogP contribution in [-0.4, -0.2) is 12.0 Å². The lowest BCUT2D eigenvalue weighted by Gasteiger charge is -2.17. The zero-order valence-electron chi connectivity index (χ0n) is 12.7. The highest BCUT2D eigenvalue weighted by Crippen LogP contribution is 2.29. The molecule has 0 saturated carbocycles. The first-order valence-corrected chi connectivity index (χ1v) is 7.20. The molecule has 0 aliphatic heterocycles. The van der Waals surface area contributed by atoms with Gasteiger partial charge < -0.3 is 10.1 Å². The molecule has 0 spiro atoms. The molecule has 128 valence electrons. The fourth-order valence-electron chi connectivity index (χ4n) is 1.96. The smallest absolute Gasteiger partial charge is 0.416 e. The van der Waals surface area contributed by atoms with Gasteiger partial charge in [0.1, 0.15) is 11.6 Å². The fraction of sp³-hybridized carbons (Fsp3) is 0.235. The van der Waals surface area contributed by atoms with Gasteiger partial charge in [-0.25, -0.2) is 4.39 Å². The predicted octanol–water partition coefficient (Wildman–Crippen LogP) is 4.64. The minimum absolute atomic E-state index is 0.231. The number of carbonyl (C=O) groups is 1. The quantitative estimate of drug-likeness (QED) is 0.805. The molecule has 2 aromatic rings. The summed E-state index contributed by atoms with van der Waals surface area (Å²) in [5, 5.41) is 2.50. The molecule has 1 amide bonds. The maximum Gasteiger partial charge on any atom is 0.416 e. The second-order valence-electron chi connectivity index (χ2n) is 5.03. The van der Waals surface area contributed by atoms with Crippen LogP contribution in [0.1, 0.15) is 18.9 Å². The highest BCUT2D eigenvalue weighted by Gasteiger charge is 2.30. The van der Waals surface area contributed by atoms with E-state index in [1.165, 1.54) is 36.4 Å². The molecule has 0 heterocycles. The summed E-state index contributed by atoms with van der Waals surface area (Å²) < 4.78 is 55.8. The third-order valence-corrected chi connectivity index (χ3v) is 3.23. The van der Waals surface area contributed by atoms with Crippen LogP contribution in [0.25, 0.3) is 0 Å². The number of ether oxygens (including phenoxy) is 1. The molecule has 3 nitrogen and oxygen atoms in total. The summed E-state index contributed by atoms with van der Waals surface area (Å²) >= 11 is 0. The molecular weight excluding hydrogens is 326 g/mol. The number of anilines is 1. The minimum atomic E-state index is -4.43. The molecule has 0 fully saturated rings. The van der Waals surface area contributed by atoms with Gasteiger partial charge in [-0.15, -0.1) is 0 Å². The number of carbonyl (C=O) groups excluding carboxylic acids is 1. The second kappa shape index (κ2) is 7.33. The molecule has 2 aromatic carbocycles. The Morgan fingerprint density at radius 1 is 1.08 bits per heavy atom. The molecule has 7 heteroatoms.